The summed E-state index contributed by atoms with van der Waals surface area (Å²) in [4.78, 5) is 73.9. The maximum Gasteiger partial charge on any atom is 0.407 e. The number of hydrogen-bond acceptors (Lipinski definition) is 10. The number of alkyl carbamates (subject to hydrolysis) is 2. The van der Waals surface area contributed by atoms with E-state index in [2.05, 4.69) is 57.0 Å². The number of likely N-dealkylation sites (tertiary alicyclic amines) is 2. The molecule has 16 nitrogen and oxygen atoms in total. The number of methoxy groups -OCH3 is 4. The number of nitrogens with zero attached hydrogens (tertiary/aromatic N) is 4. The van der Waals surface area contributed by atoms with Gasteiger partial charge in [-0.2, -0.15) is 0 Å². The summed E-state index contributed by atoms with van der Waals surface area (Å²) >= 11 is 0. The molecule has 2 aromatic carbocycles. The Labute approximate surface area is 373 Å². The summed E-state index contributed by atoms with van der Waals surface area (Å²) in [6, 6.07) is 11.0. The predicted octanol–water partition coefficient (Wildman–Crippen LogP) is 6.37. The van der Waals surface area contributed by atoms with Gasteiger partial charge >= 0.3 is 12.2 Å². The van der Waals surface area contributed by atoms with Gasteiger partial charge < -0.3 is 49.3 Å². The molecule has 0 bridgehead atoms. The zero-order valence-corrected chi connectivity index (χ0v) is 37.5. The molecule has 2 aliphatic heterocycles. The minimum Gasteiger partial charge on any atom is -0.453 e. The van der Waals surface area contributed by atoms with Crippen molar-refractivity contribution in [1.29, 1.82) is 0 Å². The molecule has 9 rings (SSSR count). The van der Waals surface area contributed by atoms with Gasteiger partial charge in [-0.3, -0.25) is 9.59 Å². The molecule has 16 heteroatoms. The Kier molecular flexibility index (Phi) is 12.3. The topological polar surface area (TPSA) is 193 Å². The molecule has 0 unspecified atom stereocenters. The Bertz CT molecular complexity index is 2230. The van der Waals surface area contributed by atoms with E-state index in [1.807, 2.05) is 22.2 Å². The van der Waals surface area contributed by atoms with Crippen molar-refractivity contribution >= 4 is 24.0 Å². The minimum atomic E-state index is -0.895. The quantitative estimate of drug-likeness (QED) is 0.110. The van der Waals surface area contributed by atoms with Crippen LogP contribution in [0.4, 0.5) is 9.59 Å². The van der Waals surface area contributed by atoms with Crippen LogP contribution in [0.1, 0.15) is 111 Å². The lowest BCUT2D eigenvalue weighted by molar-refractivity contribution is -0.140. The van der Waals surface area contributed by atoms with Gasteiger partial charge in [0.1, 0.15) is 23.7 Å². The molecule has 2 saturated heterocycles. The average Bonchev–Trinajstić information content (AvgIpc) is 4.17. The second kappa shape index (κ2) is 18.0. The lowest BCUT2D eigenvalue weighted by atomic mass is 9.84. The summed E-state index contributed by atoms with van der Waals surface area (Å²) in [5.74, 6) is 1.85. The van der Waals surface area contributed by atoms with Gasteiger partial charge in [0.25, 0.3) is 0 Å². The lowest BCUT2D eigenvalue weighted by Crippen LogP contribution is -2.55. The van der Waals surface area contributed by atoms with Crippen LogP contribution >= 0.6 is 0 Å². The number of aromatic nitrogens is 4. The number of carbonyl (C=O) groups excluding carboxylic acids is 4. The SMILES string of the molecule is COC(=O)N[C@H](C(=O)N1[C@H](c2ncc(-c3ccc4c(c3)Cc3ccc(-c5cnc([C@@H]6C[C@H]7CCC[C@H]7N6C(=O)[C@H](NC(=O)OC)[C@H](C)OC)[nH]5)cc3C4)[nH]2)C[C@@H]2CCC[C@@H]21)[C@@H](C)OC. The Morgan fingerprint density at radius 1 is 0.625 bits per heavy atom. The molecular weight excluding hydrogens is 817 g/mol. The second-order valence-corrected chi connectivity index (χ2v) is 18.3. The van der Waals surface area contributed by atoms with Crippen molar-refractivity contribution in [2.24, 2.45) is 11.8 Å². The third kappa shape index (κ3) is 8.03. The highest BCUT2D eigenvalue weighted by molar-refractivity contribution is 5.88. The first-order chi connectivity index (χ1) is 31.0. The monoisotopic (exact) mass is 876 g/mol. The number of ether oxygens (including phenoxy) is 4. The van der Waals surface area contributed by atoms with Crippen LogP contribution in [0.25, 0.3) is 22.5 Å². The maximum absolute atomic E-state index is 14.3. The minimum absolute atomic E-state index is 0.0753. The van der Waals surface area contributed by atoms with Crippen LogP contribution in [0.5, 0.6) is 0 Å². The molecule has 64 heavy (non-hydrogen) atoms. The molecule has 4 aromatic rings. The van der Waals surface area contributed by atoms with E-state index in [9.17, 15) is 19.2 Å². The number of rotatable bonds is 12. The molecular formula is C48H60N8O8. The van der Waals surface area contributed by atoms with Gasteiger partial charge in [0.2, 0.25) is 11.8 Å². The lowest BCUT2D eigenvalue weighted by Gasteiger charge is -2.34. The van der Waals surface area contributed by atoms with Crippen LogP contribution in [0.2, 0.25) is 0 Å². The van der Waals surface area contributed by atoms with Crippen molar-refractivity contribution in [3.63, 3.8) is 0 Å². The fraction of sp³-hybridized carbons (Fsp3) is 0.542. The Balaban J connectivity index is 0.912. The number of hydrogen-bond donors (Lipinski definition) is 4. The number of benzene rings is 2. The highest BCUT2D eigenvalue weighted by Crippen LogP contribution is 2.49. The molecule has 3 aliphatic carbocycles. The van der Waals surface area contributed by atoms with Gasteiger partial charge in [-0.15, -0.1) is 0 Å². The van der Waals surface area contributed by atoms with Crippen molar-refractivity contribution in [3.8, 4) is 22.5 Å². The van der Waals surface area contributed by atoms with Crippen molar-refractivity contribution in [2.75, 3.05) is 28.4 Å². The fourth-order valence-corrected chi connectivity index (χ4v) is 11.4. The first kappa shape index (κ1) is 43.5. The predicted molar refractivity (Wildman–Crippen MR) is 236 cm³/mol. The zero-order valence-electron chi connectivity index (χ0n) is 37.5. The number of fused-ring (bicyclic) bond motifs is 4. The molecule has 2 saturated carbocycles. The fourth-order valence-electron chi connectivity index (χ4n) is 11.4. The molecule has 2 aromatic heterocycles. The van der Waals surface area contributed by atoms with E-state index in [1.54, 1.807) is 13.8 Å². The summed E-state index contributed by atoms with van der Waals surface area (Å²) in [7, 11) is 5.64. The zero-order chi connectivity index (χ0) is 44.8. The van der Waals surface area contributed by atoms with E-state index in [-0.39, 0.29) is 36.0 Å². The largest absolute Gasteiger partial charge is 0.453 e. The molecule has 0 radical (unpaired) electrons. The van der Waals surface area contributed by atoms with Gasteiger partial charge in [-0.1, -0.05) is 37.1 Å². The standard InChI is InChI=1S/C48H60N8O8/c1-25(61-3)41(53-47(59)63-5)45(57)55-37-11-7-9-31(37)21-39(55)43-49-23-35(51-43)29-15-13-27-18-34-20-30(16-14-28(34)17-33(27)19-29)36-24-50-44(52-36)40-22-32-10-8-12-38(32)56(40)46(58)42(26(2)62-4)54-48(60)64-6/h13-16,19-20,23-26,31-32,37-42H,7-12,17-18,21-22H2,1-6H3,(H,49,51)(H,50,52)(H,53,59)(H,54,60)/t25-,26+,31+,32-,37+,38-,39-,40-,41+,42-/m0/s1. The average molecular weight is 877 g/mol. The third-order valence-electron chi connectivity index (χ3n) is 14.9. The molecule has 4 amide bonds. The van der Waals surface area contributed by atoms with Crippen molar-refractivity contribution in [2.45, 2.75) is 127 Å². The van der Waals surface area contributed by atoms with Crippen LogP contribution in [0.3, 0.4) is 0 Å². The molecule has 4 N–H and O–H groups in total. The summed E-state index contributed by atoms with van der Waals surface area (Å²) in [6.07, 6.45) is 10.5. The smallest absolute Gasteiger partial charge is 0.407 e. The number of nitrogens with one attached hydrogen (secondary N) is 4. The van der Waals surface area contributed by atoms with Crippen molar-refractivity contribution < 1.29 is 38.1 Å². The maximum atomic E-state index is 14.3. The van der Waals surface area contributed by atoms with Crippen molar-refractivity contribution in [3.05, 3.63) is 82.7 Å². The highest BCUT2D eigenvalue weighted by atomic mass is 16.5. The summed E-state index contributed by atoms with van der Waals surface area (Å²) in [6.45, 7) is 3.55. The number of aromatic amines is 2. The van der Waals surface area contributed by atoms with Crippen LogP contribution in [0, 0.1) is 11.8 Å². The number of carbonyl (C=O) groups is 4. The molecule has 340 valence electrons. The van der Waals surface area contributed by atoms with Gasteiger partial charge in [-0.05, 0) is 123 Å². The van der Waals surface area contributed by atoms with Gasteiger partial charge in [0.15, 0.2) is 0 Å². The van der Waals surface area contributed by atoms with E-state index >= 15 is 0 Å². The number of imidazole rings is 2. The molecule has 4 fully saturated rings. The molecule has 4 heterocycles. The Morgan fingerprint density at radius 3 is 1.44 bits per heavy atom. The first-order valence-electron chi connectivity index (χ1n) is 22.7. The van der Waals surface area contributed by atoms with E-state index in [0.29, 0.717) is 11.8 Å². The van der Waals surface area contributed by atoms with Crippen LogP contribution in [0.15, 0.2) is 48.8 Å². The molecule has 10 atom stereocenters. The van der Waals surface area contributed by atoms with E-state index in [4.69, 9.17) is 28.9 Å². The van der Waals surface area contributed by atoms with E-state index in [0.717, 1.165) is 98.4 Å². The van der Waals surface area contributed by atoms with Crippen LogP contribution < -0.4 is 10.6 Å². The van der Waals surface area contributed by atoms with Crippen LogP contribution in [-0.4, -0.2) is 119 Å². The first-order valence-corrected chi connectivity index (χ1v) is 22.7. The highest BCUT2D eigenvalue weighted by Gasteiger charge is 2.51. The Morgan fingerprint density at radius 2 is 1.05 bits per heavy atom. The molecule has 0 spiro atoms. The summed E-state index contributed by atoms with van der Waals surface area (Å²) in [5.41, 5.74) is 8.90. The van der Waals surface area contributed by atoms with Gasteiger partial charge in [-0.25, -0.2) is 19.6 Å². The third-order valence-corrected chi connectivity index (χ3v) is 14.9. The van der Waals surface area contributed by atoms with Gasteiger partial charge in [0.05, 0.1) is 62.3 Å². The normalized spacial score (nSPS) is 25.1. The van der Waals surface area contributed by atoms with E-state index in [1.165, 1.54) is 50.7 Å². The molecule has 5 aliphatic rings. The van der Waals surface area contributed by atoms with Crippen molar-refractivity contribution in [1.82, 2.24) is 40.4 Å². The van der Waals surface area contributed by atoms with E-state index < -0.39 is 36.5 Å². The summed E-state index contributed by atoms with van der Waals surface area (Å²) in [5, 5.41) is 5.44. The number of amides is 4. The van der Waals surface area contributed by atoms with Crippen LogP contribution in [-0.2, 0) is 41.4 Å². The Hall–Kier alpha value is -5.74. The summed E-state index contributed by atoms with van der Waals surface area (Å²) < 4.78 is 20.8. The second-order valence-electron chi connectivity index (χ2n) is 18.3. The number of H-pyrrole nitrogens is 2. The van der Waals surface area contributed by atoms with Gasteiger partial charge in [0, 0.05) is 26.3 Å².